The normalized spacial score (nSPS) is 17.6. The lowest BCUT2D eigenvalue weighted by Crippen LogP contribution is -2.53. The fourth-order valence-electron chi connectivity index (χ4n) is 4.55. The summed E-state index contributed by atoms with van der Waals surface area (Å²) < 4.78 is 10.8. The second-order valence-corrected chi connectivity index (χ2v) is 9.35. The number of carbonyl (C=O) groups excluding carboxylic acids is 2. The summed E-state index contributed by atoms with van der Waals surface area (Å²) >= 11 is 1.85. The van der Waals surface area contributed by atoms with Gasteiger partial charge in [0, 0.05) is 31.0 Å². The van der Waals surface area contributed by atoms with Gasteiger partial charge in [-0.1, -0.05) is 24.3 Å². The number of likely N-dealkylation sites (tertiary alicyclic amines) is 1. The van der Waals surface area contributed by atoms with Gasteiger partial charge in [-0.05, 0) is 43.5 Å². The van der Waals surface area contributed by atoms with E-state index in [1.54, 1.807) is 26.4 Å². The second-order valence-electron chi connectivity index (χ2n) is 7.90. The van der Waals surface area contributed by atoms with Gasteiger partial charge < -0.3 is 19.3 Å². The molecule has 0 atom stereocenters. The van der Waals surface area contributed by atoms with Gasteiger partial charge in [-0.3, -0.25) is 9.59 Å². The third-order valence-corrected chi connectivity index (χ3v) is 7.82. The van der Waals surface area contributed by atoms with Crippen LogP contribution in [0.4, 0.5) is 0 Å². The third-order valence-electron chi connectivity index (χ3n) is 6.27. The molecule has 0 bridgehead atoms. The van der Waals surface area contributed by atoms with Gasteiger partial charge >= 0.3 is 0 Å². The predicted molar refractivity (Wildman–Crippen MR) is 122 cm³/mol. The molecule has 2 saturated heterocycles. The highest BCUT2D eigenvalue weighted by molar-refractivity contribution is 8.00. The summed E-state index contributed by atoms with van der Waals surface area (Å²) in [6.45, 7) is 3.90. The summed E-state index contributed by atoms with van der Waals surface area (Å²) in [6.07, 6.45) is 1.50. The lowest BCUT2D eigenvalue weighted by atomic mass is 9.99. The SMILES string of the molecule is COc1cccc(OC)c1C(=O)N1CCC2(CC1)SCCN2C(=O)c1ccccc1C. The predicted octanol–water partition coefficient (Wildman–Crippen LogP) is 3.83. The molecular formula is C24H28N2O4S. The molecule has 4 rings (SSSR count). The van der Waals surface area contributed by atoms with Gasteiger partial charge in [0.25, 0.3) is 11.8 Å². The van der Waals surface area contributed by atoms with Gasteiger partial charge in [-0.2, -0.15) is 0 Å². The van der Waals surface area contributed by atoms with Crippen molar-refractivity contribution < 1.29 is 19.1 Å². The molecule has 2 aliphatic heterocycles. The monoisotopic (exact) mass is 440 g/mol. The molecule has 7 heteroatoms. The maximum absolute atomic E-state index is 13.3. The van der Waals surface area contributed by atoms with Crippen molar-refractivity contribution in [3.05, 3.63) is 59.2 Å². The number of methoxy groups -OCH3 is 2. The van der Waals surface area contributed by atoms with Crippen molar-refractivity contribution in [2.75, 3.05) is 39.6 Å². The summed E-state index contributed by atoms with van der Waals surface area (Å²) in [5.41, 5.74) is 2.22. The van der Waals surface area contributed by atoms with Crippen LogP contribution in [0.25, 0.3) is 0 Å². The first-order valence-electron chi connectivity index (χ1n) is 10.5. The van der Waals surface area contributed by atoms with Gasteiger partial charge in [0.05, 0.1) is 19.1 Å². The summed E-state index contributed by atoms with van der Waals surface area (Å²) in [7, 11) is 3.11. The molecule has 2 amide bonds. The van der Waals surface area contributed by atoms with Crippen LogP contribution in [-0.4, -0.2) is 66.1 Å². The van der Waals surface area contributed by atoms with Crippen LogP contribution in [0.2, 0.25) is 0 Å². The molecule has 0 aromatic heterocycles. The zero-order valence-electron chi connectivity index (χ0n) is 18.2. The highest BCUT2D eigenvalue weighted by Crippen LogP contribution is 2.45. The Balaban J connectivity index is 1.52. The number of hydrogen-bond acceptors (Lipinski definition) is 5. The van der Waals surface area contributed by atoms with Gasteiger partial charge in [-0.25, -0.2) is 0 Å². The van der Waals surface area contributed by atoms with Gasteiger partial charge in [0.1, 0.15) is 17.1 Å². The highest BCUT2D eigenvalue weighted by Gasteiger charge is 2.47. The summed E-state index contributed by atoms with van der Waals surface area (Å²) in [5.74, 6) is 1.94. The van der Waals surface area contributed by atoms with Gasteiger partial charge in [0.2, 0.25) is 0 Å². The van der Waals surface area contributed by atoms with Crippen LogP contribution in [-0.2, 0) is 0 Å². The number of nitrogens with zero attached hydrogens (tertiary/aromatic N) is 2. The van der Waals surface area contributed by atoms with Crippen LogP contribution in [0.3, 0.4) is 0 Å². The van der Waals surface area contributed by atoms with Gasteiger partial charge in [-0.15, -0.1) is 11.8 Å². The highest BCUT2D eigenvalue weighted by atomic mass is 32.2. The molecule has 31 heavy (non-hydrogen) atoms. The minimum Gasteiger partial charge on any atom is -0.496 e. The average Bonchev–Trinajstić information content (AvgIpc) is 3.21. The van der Waals surface area contributed by atoms with E-state index in [9.17, 15) is 9.59 Å². The number of aryl methyl sites for hydroxylation is 1. The van der Waals surface area contributed by atoms with Crippen molar-refractivity contribution in [1.29, 1.82) is 0 Å². The molecule has 6 nitrogen and oxygen atoms in total. The number of hydrogen-bond donors (Lipinski definition) is 0. The van der Waals surface area contributed by atoms with Gasteiger partial charge in [0.15, 0.2) is 0 Å². The molecule has 0 aliphatic carbocycles. The Labute approximate surface area is 187 Å². The van der Waals surface area contributed by atoms with Crippen molar-refractivity contribution in [3.8, 4) is 11.5 Å². The van der Waals surface area contributed by atoms with E-state index in [4.69, 9.17) is 9.47 Å². The summed E-state index contributed by atoms with van der Waals surface area (Å²) in [4.78, 5) is 30.3. The average molecular weight is 441 g/mol. The maximum atomic E-state index is 13.3. The van der Waals surface area contributed by atoms with Crippen LogP contribution >= 0.6 is 11.8 Å². The summed E-state index contributed by atoms with van der Waals surface area (Å²) in [5, 5.41) is 0. The molecule has 2 aromatic carbocycles. The van der Waals surface area contributed by atoms with Crippen LogP contribution in [0, 0.1) is 6.92 Å². The molecule has 0 saturated carbocycles. The minimum atomic E-state index is -0.249. The topological polar surface area (TPSA) is 59.1 Å². The Bertz CT molecular complexity index is 963. The largest absolute Gasteiger partial charge is 0.496 e. The molecule has 2 aromatic rings. The number of carbonyl (C=O) groups is 2. The fraction of sp³-hybridized carbons (Fsp3) is 0.417. The third kappa shape index (κ3) is 3.87. The first-order valence-corrected chi connectivity index (χ1v) is 11.5. The van der Waals surface area contributed by atoms with E-state index in [0.29, 0.717) is 30.2 Å². The number of rotatable bonds is 4. The first-order chi connectivity index (χ1) is 15.0. The lowest BCUT2D eigenvalue weighted by Gasteiger charge is -2.44. The molecule has 0 radical (unpaired) electrons. The van der Waals surface area contributed by atoms with E-state index in [2.05, 4.69) is 0 Å². The van der Waals surface area contributed by atoms with E-state index in [1.807, 2.05) is 58.8 Å². The smallest absolute Gasteiger partial charge is 0.261 e. The fourth-order valence-corrected chi connectivity index (χ4v) is 6.00. The molecule has 2 aliphatic rings. The van der Waals surface area contributed by atoms with Crippen LogP contribution in [0.1, 0.15) is 39.1 Å². The Morgan fingerprint density at radius 1 is 0.903 bits per heavy atom. The molecular weight excluding hydrogens is 412 g/mol. The number of amides is 2. The van der Waals surface area contributed by atoms with Crippen molar-refractivity contribution in [2.24, 2.45) is 0 Å². The minimum absolute atomic E-state index is 0.0919. The number of ether oxygens (including phenoxy) is 2. The summed E-state index contributed by atoms with van der Waals surface area (Å²) in [6, 6.07) is 13.1. The standard InChI is InChI=1S/C24H28N2O4S/c1-17-7-4-5-8-18(17)22(27)26-15-16-31-24(26)11-13-25(14-12-24)23(28)21-19(29-2)9-6-10-20(21)30-3/h4-10H,11-16H2,1-3H3. The van der Waals surface area contributed by atoms with E-state index < -0.39 is 0 Å². The molecule has 2 fully saturated rings. The molecule has 164 valence electrons. The molecule has 1 spiro atoms. The Kier molecular flexibility index (Phi) is 6.14. The van der Waals surface area contributed by atoms with E-state index in [0.717, 1.165) is 36.3 Å². The molecule has 0 unspecified atom stereocenters. The zero-order valence-corrected chi connectivity index (χ0v) is 19.0. The number of thioether (sulfide) groups is 1. The molecule has 0 N–H and O–H groups in total. The van der Waals surface area contributed by atoms with Crippen molar-refractivity contribution in [1.82, 2.24) is 9.80 Å². The quantitative estimate of drug-likeness (QED) is 0.723. The van der Waals surface area contributed by atoms with E-state index in [1.165, 1.54) is 0 Å². The number of piperidine rings is 1. The lowest BCUT2D eigenvalue weighted by molar-refractivity contribution is 0.0495. The number of benzene rings is 2. The van der Waals surface area contributed by atoms with Crippen LogP contribution < -0.4 is 9.47 Å². The van der Waals surface area contributed by atoms with Crippen molar-refractivity contribution in [3.63, 3.8) is 0 Å². The Morgan fingerprint density at radius 2 is 1.55 bits per heavy atom. The van der Waals surface area contributed by atoms with Crippen LogP contribution in [0.5, 0.6) is 11.5 Å². The second kappa shape index (κ2) is 8.83. The van der Waals surface area contributed by atoms with Crippen molar-refractivity contribution in [2.45, 2.75) is 24.6 Å². The first kappa shape index (κ1) is 21.6. The zero-order chi connectivity index (χ0) is 22.0. The van der Waals surface area contributed by atoms with E-state index in [-0.39, 0.29) is 16.7 Å². The van der Waals surface area contributed by atoms with Crippen molar-refractivity contribution >= 4 is 23.6 Å². The van der Waals surface area contributed by atoms with E-state index >= 15 is 0 Å². The maximum Gasteiger partial charge on any atom is 0.261 e. The molecule has 2 heterocycles. The Hall–Kier alpha value is -2.67. The van der Waals surface area contributed by atoms with Crippen LogP contribution in [0.15, 0.2) is 42.5 Å². The Morgan fingerprint density at radius 3 is 2.16 bits per heavy atom.